The zero-order valence-electron chi connectivity index (χ0n) is 12.4. The van der Waals surface area contributed by atoms with Gasteiger partial charge in [0.25, 0.3) is 0 Å². The van der Waals surface area contributed by atoms with Gasteiger partial charge in [0.15, 0.2) is 24.2 Å². The maximum Gasteiger partial charge on any atom is 0.193 e. The van der Waals surface area contributed by atoms with Crippen molar-refractivity contribution in [2.45, 2.75) is 101 Å². The van der Waals surface area contributed by atoms with Gasteiger partial charge < -0.3 is 23.7 Å². The van der Waals surface area contributed by atoms with Crippen molar-refractivity contribution in [3.8, 4) is 0 Å². The van der Waals surface area contributed by atoms with Crippen LogP contribution in [-0.4, -0.2) is 36.4 Å². The molecule has 2 spiro atoms. The number of fused-ring (bicyclic) bond motifs is 3. The molecule has 118 valence electrons. The highest BCUT2D eigenvalue weighted by molar-refractivity contribution is 4.99. The summed E-state index contributed by atoms with van der Waals surface area (Å²) in [7, 11) is 0. The van der Waals surface area contributed by atoms with Gasteiger partial charge in [-0.15, -0.1) is 0 Å². The van der Waals surface area contributed by atoms with Crippen LogP contribution in [-0.2, 0) is 23.7 Å². The van der Waals surface area contributed by atoms with Crippen molar-refractivity contribution in [3.05, 3.63) is 0 Å². The molecule has 5 rings (SSSR count). The summed E-state index contributed by atoms with van der Waals surface area (Å²) in [5, 5.41) is 0. The van der Waals surface area contributed by atoms with Gasteiger partial charge in [0.05, 0.1) is 0 Å². The van der Waals surface area contributed by atoms with Gasteiger partial charge in [0.2, 0.25) is 0 Å². The third kappa shape index (κ3) is 2.01. The van der Waals surface area contributed by atoms with Crippen LogP contribution in [0.1, 0.15) is 64.2 Å². The summed E-state index contributed by atoms with van der Waals surface area (Å²) in [6, 6.07) is 0. The molecule has 3 aliphatic heterocycles. The van der Waals surface area contributed by atoms with E-state index < -0.39 is 11.6 Å². The van der Waals surface area contributed by atoms with Crippen molar-refractivity contribution >= 4 is 0 Å². The highest BCUT2D eigenvalue weighted by Gasteiger charge is 2.64. The van der Waals surface area contributed by atoms with Crippen molar-refractivity contribution in [1.29, 1.82) is 0 Å². The van der Waals surface area contributed by atoms with Crippen molar-refractivity contribution < 1.29 is 23.7 Å². The van der Waals surface area contributed by atoms with Gasteiger partial charge >= 0.3 is 0 Å². The Labute approximate surface area is 125 Å². The molecule has 3 saturated heterocycles. The first-order chi connectivity index (χ1) is 10.3. The second-order valence-electron chi connectivity index (χ2n) is 7.22. The second-order valence-corrected chi connectivity index (χ2v) is 7.22. The van der Waals surface area contributed by atoms with E-state index in [-0.39, 0.29) is 24.8 Å². The van der Waals surface area contributed by atoms with Crippen LogP contribution in [0.2, 0.25) is 0 Å². The monoisotopic (exact) mass is 296 g/mol. The smallest absolute Gasteiger partial charge is 0.193 e. The molecule has 5 nitrogen and oxygen atoms in total. The summed E-state index contributed by atoms with van der Waals surface area (Å²) >= 11 is 0. The lowest BCUT2D eigenvalue weighted by Crippen LogP contribution is -2.39. The normalized spacial score (nSPS) is 46.9. The number of hydrogen-bond acceptors (Lipinski definition) is 5. The van der Waals surface area contributed by atoms with E-state index >= 15 is 0 Å². The van der Waals surface area contributed by atoms with Crippen molar-refractivity contribution in [3.63, 3.8) is 0 Å². The molecule has 4 unspecified atom stereocenters. The van der Waals surface area contributed by atoms with Gasteiger partial charge in [-0.25, -0.2) is 0 Å². The first-order valence-electron chi connectivity index (χ1n) is 8.64. The molecule has 0 bridgehead atoms. The first-order valence-corrected chi connectivity index (χ1v) is 8.64. The van der Waals surface area contributed by atoms with E-state index in [4.69, 9.17) is 23.7 Å². The summed E-state index contributed by atoms with van der Waals surface area (Å²) in [5.41, 5.74) is 0. The maximum atomic E-state index is 6.31. The lowest BCUT2D eigenvalue weighted by atomic mass is 9.94. The largest absolute Gasteiger partial charge is 0.338 e. The molecule has 0 amide bonds. The summed E-state index contributed by atoms with van der Waals surface area (Å²) in [4.78, 5) is 0. The Morgan fingerprint density at radius 2 is 0.952 bits per heavy atom. The Morgan fingerprint density at radius 1 is 0.524 bits per heavy atom. The zero-order valence-corrected chi connectivity index (χ0v) is 12.4. The van der Waals surface area contributed by atoms with E-state index in [2.05, 4.69) is 0 Å². The lowest BCUT2D eigenvalue weighted by Gasteiger charge is -2.33. The van der Waals surface area contributed by atoms with E-state index in [0.29, 0.717) is 0 Å². The van der Waals surface area contributed by atoms with Crippen LogP contribution in [0.25, 0.3) is 0 Å². The van der Waals surface area contributed by atoms with Gasteiger partial charge in [-0.1, -0.05) is 12.8 Å². The van der Waals surface area contributed by atoms with E-state index in [9.17, 15) is 0 Å². The number of hydrogen-bond donors (Lipinski definition) is 0. The van der Waals surface area contributed by atoms with Crippen LogP contribution in [0.5, 0.6) is 0 Å². The Bertz CT molecular complexity index is 375. The fourth-order valence-corrected chi connectivity index (χ4v) is 4.66. The van der Waals surface area contributed by atoms with Gasteiger partial charge in [-0.2, -0.15) is 0 Å². The quantitative estimate of drug-likeness (QED) is 0.688. The predicted molar refractivity (Wildman–Crippen MR) is 72.2 cm³/mol. The summed E-state index contributed by atoms with van der Waals surface area (Å²) in [6.45, 7) is 0. The maximum absolute atomic E-state index is 6.31. The highest BCUT2D eigenvalue weighted by Crippen LogP contribution is 2.51. The number of ether oxygens (including phenoxy) is 5. The topological polar surface area (TPSA) is 46.2 Å². The van der Waals surface area contributed by atoms with Crippen LogP contribution < -0.4 is 0 Å². The van der Waals surface area contributed by atoms with Crippen molar-refractivity contribution in [2.24, 2.45) is 0 Å². The van der Waals surface area contributed by atoms with Crippen LogP contribution >= 0.6 is 0 Å². The van der Waals surface area contributed by atoms with Crippen LogP contribution in [0.15, 0.2) is 0 Å². The van der Waals surface area contributed by atoms with E-state index in [1.54, 1.807) is 0 Å². The molecule has 21 heavy (non-hydrogen) atoms. The molecule has 5 fully saturated rings. The molecule has 0 N–H and O–H groups in total. The molecule has 0 radical (unpaired) electrons. The fraction of sp³-hybridized carbons (Fsp3) is 1.00. The Hall–Kier alpha value is -0.200. The van der Waals surface area contributed by atoms with E-state index in [1.165, 1.54) is 38.5 Å². The molecule has 0 aromatic rings. The minimum absolute atomic E-state index is 0.116. The SMILES string of the molecule is C1CCC2(CC1)OC1OC3OC4(CCCCC4)OC3C1O2. The Balaban J connectivity index is 1.32. The molecular weight excluding hydrogens is 272 g/mol. The highest BCUT2D eigenvalue weighted by atomic mass is 16.9. The fourth-order valence-electron chi connectivity index (χ4n) is 4.66. The number of rotatable bonds is 0. The molecule has 3 heterocycles. The van der Waals surface area contributed by atoms with Gasteiger partial charge in [-0.3, -0.25) is 0 Å². The first kappa shape index (κ1) is 13.3. The van der Waals surface area contributed by atoms with Crippen LogP contribution in [0, 0.1) is 0 Å². The van der Waals surface area contributed by atoms with Crippen molar-refractivity contribution in [1.82, 2.24) is 0 Å². The zero-order chi connectivity index (χ0) is 13.9. The third-order valence-corrected chi connectivity index (χ3v) is 5.72. The Morgan fingerprint density at radius 3 is 1.38 bits per heavy atom. The van der Waals surface area contributed by atoms with E-state index in [1.807, 2.05) is 0 Å². The van der Waals surface area contributed by atoms with Crippen molar-refractivity contribution in [2.75, 3.05) is 0 Å². The summed E-state index contributed by atoms with van der Waals surface area (Å²) < 4.78 is 30.8. The van der Waals surface area contributed by atoms with Gasteiger partial charge in [-0.05, 0) is 25.7 Å². The molecule has 5 heteroatoms. The van der Waals surface area contributed by atoms with E-state index in [0.717, 1.165) is 25.7 Å². The summed E-state index contributed by atoms with van der Waals surface area (Å²) in [6.07, 6.45) is 10.3. The molecular formula is C16H24O5. The molecule has 2 aliphatic carbocycles. The average Bonchev–Trinajstić information content (AvgIpc) is 3.08. The molecule has 0 aromatic heterocycles. The molecule has 5 aliphatic rings. The predicted octanol–water partition coefficient (Wildman–Crippen LogP) is 2.82. The summed E-state index contributed by atoms with van der Waals surface area (Å²) in [5.74, 6) is -0.825. The lowest BCUT2D eigenvalue weighted by molar-refractivity contribution is -0.278. The minimum Gasteiger partial charge on any atom is -0.338 e. The second kappa shape index (κ2) is 4.65. The standard InChI is InChI=1S/C16H24O5/c1-3-7-15(8-4-1)18-11-12-14(17-13(11)20-15)21-16(19-12)9-5-2-6-10-16/h11-14H,1-10H2. The Kier molecular flexibility index (Phi) is 2.93. The molecule has 4 atom stereocenters. The van der Waals surface area contributed by atoms with Crippen LogP contribution in [0.3, 0.4) is 0 Å². The molecule has 2 saturated carbocycles. The minimum atomic E-state index is -0.412. The van der Waals surface area contributed by atoms with Gasteiger partial charge in [0, 0.05) is 25.7 Å². The third-order valence-electron chi connectivity index (χ3n) is 5.72. The molecule has 0 aromatic carbocycles. The van der Waals surface area contributed by atoms with Gasteiger partial charge in [0.1, 0.15) is 12.2 Å². The van der Waals surface area contributed by atoms with Crippen LogP contribution in [0.4, 0.5) is 0 Å². The average molecular weight is 296 g/mol.